The standard InChI is InChI=1S/C24H30F3N5O4/c1-5-16(28-12-9-13-29-22(34)35-23(2,3)4)19-30-20-17(18(31-36-20)24(25,26)27)21(33)32(19)14-15-10-7-6-8-11-15/h6-8,10-11,16,28H,5,9,12-14H2,1-4H3,(H,29,34). The van der Waals surface area contributed by atoms with E-state index >= 15 is 0 Å². The van der Waals surface area contributed by atoms with E-state index in [0.717, 1.165) is 5.56 Å². The van der Waals surface area contributed by atoms with Crippen LogP contribution in [0.3, 0.4) is 0 Å². The number of carbonyl (C=O) groups excluding carboxylic acids is 1. The predicted molar refractivity (Wildman–Crippen MR) is 126 cm³/mol. The molecule has 0 radical (unpaired) electrons. The lowest BCUT2D eigenvalue weighted by molar-refractivity contribution is -0.141. The summed E-state index contributed by atoms with van der Waals surface area (Å²) in [6.07, 6.45) is -4.35. The van der Waals surface area contributed by atoms with Crippen molar-refractivity contribution < 1.29 is 27.2 Å². The monoisotopic (exact) mass is 509 g/mol. The fourth-order valence-corrected chi connectivity index (χ4v) is 3.62. The van der Waals surface area contributed by atoms with E-state index in [2.05, 4.69) is 20.8 Å². The number of ether oxygens (including phenoxy) is 1. The highest BCUT2D eigenvalue weighted by Gasteiger charge is 2.39. The zero-order valence-corrected chi connectivity index (χ0v) is 20.6. The van der Waals surface area contributed by atoms with Crippen LogP contribution in [0.1, 0.15) is 63.7 Å². The topological polar surface area (TPSA) is 111 Å². The Hall–Kier alpha value is -3.41. The summed E-state index contributed by atoms with van der Waals surface area (Å²) in [4.78, 5) is 29.4. The molecule has 0 saturated heterocycles. The Labute approximate surface area is 206 Å². The smallest absolute Gasteiger partial charge is 0.437 e. The zero-order valence-electron chi connectivity index (χ0n) is 20.6. The largest absolute Gasteiger partial charge is 0.444 e. The molecule has 12 heteroatoms. The molecule has 3 aromatic rings. The van der Waals surface area contributed by atoms with Gasteiger partial charge in [0, 0.05) is 6.54 Å². The van der Waals surface area contributed by atoms with Crippen LogP contribution in [0.25, 0.3) is 11.1 Å². The molecule has 196 valence electrons. The molecule has 0 bridgehead atoms. The first-order chi connectivity index (χ1) is 16.9. The van der Waals surface area contributed by atoms with E-state index < -0.39 is 46.3 Å². The van der Waals surface area contributed by atoms with Gasteiger partial charge in [-0.1, -0.05) is 42.4 Å². The minimum Gasteiger partial charge on any atom is -0.444 e. The average Bonchev–Trinajstić information content (AvgIpc) is 3.23. The van der Waals surface area contributed by atoms with Gasteiger partial charge in [0.1, 0.15) is 16.8 Å². The second kappa shape index (κ2) is 11.1. The molecule has 2 aromatic heterocycles. The molecule has 1 amide bonds. The summed E-state index contributed by atoms with van der Waals surface area (Å²) in [6.45, 7) is 7.98. The Bertz CT molecular complexity index is 1230. The van der Waals surface area contributed by atoms with Crippen LogP contribution in [0.4, 0.5) is 18.0 Å². The van der Waals surface area contributed by atoms with Crippen LogP contribution in [-0.2, 0) is 17.5 Å². The number of hydrogen-bond donors (Lipinski definition) is 2. The minimum absolute atomic E-state index is 0.0266. The molecular formula is C24H30F3N5O4. The highest BCUT2D eigenvalue weighted by molar-refractivity contribution is 5.75. The van der Waals surface area contributed by atoms with Crippen LogP contribution in [0.2, 0.25) is 0 Å². The number of benzene rings is 1. The summed E-state index contributed by atoms with van der Waals surface area (Å²) in [6, 6.07) is 8.44. The Kier molecular flexibility index (Phi) is 8.39. The van der Waals surface area contributed by atoms with Gasteiger partial charge in [-0.05, 0) is 45.7 Å². The molecule has 9 nitrogen and oxygen atoms in total. The van der Waals surface area contributed by atoms with Crippen molar-refractivity contribution in [3.05, 3.63) is 57.8 Å². The number of aromatic nitrogens is 3. The highest BCUT2D eigenvalue weighted by Crippen LogP contribution is 2.32. The Morgan fingerprint density at radius 1 is 1.17 bits per heavy atom. The summed E-state index contributed by atoms with van der Waals surface area (Å²) >= 11 is 0. The molecule has 1 atom stereocenters. The van der Waals surface area contributed by atoms with E-state index in [1.807, 2.05) is 6.92 Å². The third-order valence-electron chi connectivity index (χ3n) is 5.21. The molecule has 0 aliphatic heterocycles. The Balaban J connectivity index is 1.85. The number of rotatable bonds is 9. The van der Waals surface area contributed by atoms with Crippen LogP contribution < -0.4 is 16.2 Å². The van der Waals surface area contributed by atoms with Gasteiger partial charge in [0.2, 0.25) is 5.69 Å². The Morgan fingerprint density at radius 3 is 2.47 bits per heavy atom. The molecule has 36 heavy (non-hydrogen) atoms. The van der Waals surface area contributed by atoms with Crippen LogP contribution >= 0.6 is 0 Å². The van der Waals surface area contributed by atoms with Gasteiger partial charge in [-0.15, -0.1) is 0 Å². The number of amides is 1. The van der Waals surface area contributed by atoms with Crippen molar-refractivity contribution in [1.29, 1.82) is 0 Å². The number of halogens is 3. The van der Waals surface area contributed by atoms with Crippen molar-refractivity contribution in [1.82, 2.24) is 25.3 Å². The molecule has 0 aliphatic carbocycles. The third-order valence-corrected chi connectivity index (χ3v) is 5.21. The molecule has 0 aliphatic rings. The molecular weight excluding hydrogens is 479 g/mol. The van der Waals surface area contributed by atoms with Gasteiger partial charge < -0.3 is 19.9 Å². The number of fused-ring (bicyclic) bond motifs is 1. The SMILES string of the molecule is CCC(NCCCNC(=O)OC(C)(C)C)c1nc2onc(C(F)(F)F)c2c(=O)n1Cc1ccccc1. The maximum Gasteiger partial charge on any atom is 0.437 e. The highest BCUT2D eigenvalue weighted by atomic mass is 19.4. The van der Waals surface area contributed by atoms with E-state index in [9.17, 15) is 22.8 Å². The molecule has 0 fully saturated rings. The van der Waals surface area contributed by atoms with Gasteiger partial charge >= 0.3 is 12.3 Å². The van der Waals surface area contributed by atoms with Crippen molar-refractivity contribution in [2.24, 2.45) is 0 Å². The summed E-state index contributed by atoms with van der Waals surface area (Å²) in [5.74, 6) is 0.240. The normalized spacial score (nSPS) is 13.1. The first-order valence-corrected chi connectivity index (χ1v) is 11.6. The summed E-state index contributed by atoms with van der Waals surface area (Å²) < 4.78 is 51.6. The average molecular weight is 510 g/mol. The van der Waals surface area contributed by atoms with E-state index in [1.165, 1.54) is 4.57 Å². The lowest BCUT2D eigenvalue weighted by atomic mass is 10.1. The van der Waals surface area contributed by atoms with Gasteiger partial charge in [0.25, 0.3) is 11.3 Å². The third kappa shape index (κ3) is 6.84. The zero-order chi connectivity index (χ0) is 26.5. The van der Waals surface area contributed by atoms with E-state index in [1.54, 1.807) is 51.1 Å². The van der Waals surface area contributed by atoms with Crippen molar-refractivity contribution in [3.63, 3.8) is 0 Å². The maximum absolute atomic E-state index is 13.5. The number of nitrogens with zero attached hydrogens (tertiary/aromatic N) is 3. The first kappa shape index (κ1) is 27.2. The summed E-state index contributed by atoms with van der Waals surface area (Å²) in [7, 11) is 0. The number of hydrogen-bond acceptors (Lipinski definition) is 7. The van der Waals surface area contributed by atoms with Crippen LogP contribution in [0.15, 0.2) is 39.6 Å². The fraction of sp³-hybridized carbons (Fsp3) is 0.500. The van der Waals surface area contributed by atoms with E-state index in [0.29, 0.717) is 25.9 Å². The van der Waals surface area contributed by atoms with Crippen molar-refractivity contribution in [2.75, 3.05) is 13.1 Å². The van der Waals surface area contributed by atoms with Crippen molar-refractivity contribution >= 4 is 17.2 Å². The molecule has 0 saturated carbocycles. The van der Waals surface area contributed by atoms with E-state index in [-0.39, 0.29) is 12.4 Å². The maximum atomic E-state index is 13.5. The molecule has 2 N–H and O–H groups in total. The molecule has 1 aromatic carbocycles. The first-order valence-electron chi connectivity index (χ1n) is 11.6. The quantitative estimate of drug-likeness (QED) is 0.411. The lowest BCUT2D eigenvalue weighted by Gasteiger charge is -2.21. The van der Waals surface area contributed by atoms with Gasteiger partial charge in [-0.2, -0.15) is 18.2 Å². The lowest BCUT2D eigenvalue weighted by Crippen LogP contribution is -2.35. The van der Waals surface area contributed by atoms with Crippen molar-refractivity contribution in [2.45, 2.75) is 64.9 Å². The van der Waals surface area contributed by atoms with Gasteiger partial charge in [0.05, 0.1) is 12.6 Å². The number of alkyl halides is 3. The van der Waals surface area contributed by atoms with Crippen LogP contribution in [-0.4, -0.2) is 39.5 Å². The fourth-order valence-electron chi connectivity index (χ4n) is 3.62. The summed E-state index contributed by atoms with van der Waals surface area (Å²) in [5, 5.41) is 8.31. The molecule has 0 spiro atoms. The van der Waals surface area contributed by atoms with Gasteiger partial charge in [-0.25, -0.2) is 4.79 Å². The second-order valence-corrected chi connectivity index (χ2v) is 9.25. The molecule has 2 heterocycles. The molecule has 1 unspecified atom stereocenters. The summed E-state index contributed by atoms with van der Waals surface area (Å²) in [5.41, 5.74) is -2.60. The van der Waals surface area contributed by atoms with E-state index in [4.69, 9.17) is 9.26 Å². The van der Waals surface area contributed by atoms with Gasteiger partial charge in [-0.3, -0.25) is 9.36 Å². The second-order valence-electron chi connectivity index (χ2n) is 9.25. The number of alkyl carbamates (subject to hydrolysis) is 1. The van der Waals surface area contributed by atoms with Gasteiger partial charge in [0.15, 0.2) is 0 Å². The van der Waals surface area contributed by atoms with Crippen LogP contribution in [0, 0.1) is 0 Å². The minimum atomic E-state index is -4.86. The van der Waals surface area contributed by atoms with Crippen LogP contribution in [0.5, 0.6) is 0 Å². The van der Waals surface area contributed by atoms with Crippen molar-refractivity contribution in [3.8, 4) is 0 Å². The Morgan fingerprint density at radius 2 is 1.86 bits per heavy atom. The predicted octanol–water partition coefficient (Wildman–Crippen LogP) is 4.41. The number of carbonyl (C=O) groups is 1. The number of nitrogens with one attached hydrogen (secondary N) is 2. The molecule has 3 rings (SSSR count).